The van der Waals surface area contributed by atoms with E-state index in [1.54, 1.807) is 36.4 Å². The molecular weight excluding hydrogens is 395 g/mol. The molecule has 0 atom stereocenters. The molecule has 0 aliphatic rings. The van der Waals surface area contributed by atoms with Crippen molar-refractivity contribution in [2.45, 2.75) is 25.9 Å². The standard InChI is InChI=1S/C23H20F3NO3/c1-15-14-20(23(24,25)26)19(22(27-15)29-2)12-13-21(28)16-8-10-18(11-9-16)30-17-6-4-3-5-7-17/h3-11,14H,12-13H2,1-2H3. The summed E-state index contributed by atoms with van der Waals surface area (Å²) in [6.45, 7) is 1.46. The van der Waals surface area contributed by atoms with Crippen LogP contribution in [0.25, 0.3) is 0 Å². The fourth-order valence-electron chi connectivity index (χ4n) is 3.05. The number of para-hydroxylation sites is 1. The summed E-state index contributed by atoms with van der Waals surface area (Å²) in [5.74, 6) is 0.829. The molecule has 0 amide bonds. The Hall–Kier alpha value is -3.35. The molecule has 3 rings (SSSR count). The number of rotatable bonds is 7. The zero-order valence-corrected chi connectivity index (χ0v) is 16.5. The van der Waals surface area contributed by atoms with E-state index in [0.717, 1.165) is 6.07 Å². The Morgan fingerprint density at radius 2 is 1.63 bits per heavy atom. The third kappa shape index (κ3) is 5.17. The molecule has 0 N–H and O–H groups in total. The Labute approximate surface area is 172 Å². The van der Waals surface area contributed by atoms with Crippen LogP contribution in [-0.4, -0.2) is 17.9 Å². The van der Waals surface area contributed by atoms with Gasteiger partial charge in [0.15, 0.2) is 5.78 Å². The number of alkyl halides is 3. The molecule has 30 heavy (non-hydrogen) atoms. The summed E-state index contributed by atoms with van der Waals surface area (Å²) in [4.78, 5) is 16.5. The van der Waals surface area contributed by atoms with Gasteiger partial charge in [-0.3, -0.25) is 4.79 Å². The second-order valence-corrected chi connectivity index (χ2v) is 6.66. The molecule has 0 spiro atoms. The Bertz CT molecular complexity index is 1020. The summed E-state index contributed by atoms with van der Waals surface area (Å²) in [6, 6.07) is 16.6. The van der Waals surface area contributed by atoms with Gasteiger partial charge in [0.2, 0.25) is 5.88 Å². The minimum atomic E-state index is -4.56. The number of carbonyl (C=O) groups is 1. The Morgan fingerprint density at radius 1 is 1.00 bits per heavy atom. The second kappa shape index (κ2) is 8.98. The predicted octanol–water partition coefficient (Wildman–Crippen LogP) is 6.03. The quantitative estimate of drug-likeness (QED) is 0.443. The van der Waals surface area contributed by atoms with Gasteiger partial charge in [0, 0.05) is 23.2 Å². The van der Waals surface area contributed by atoms with Crippen molar-refractivity contribution < 1.29 is 27.4 Å². The van der Waals surface area contributed by atoms with E-state index in [-0.39, 0.29) is 35.8 Å². The molecule has 7 heteroatoms. The first kappa shape index (κ1) is 21.4. The van der Waals surface area contributed by atoms with Crippen LogP contribution in [-0.2, 0) is 12.6 Å². The lowest BCUT2D eigenvalue weighted by molar-refractivity contribution is -0.138. The number of nitrogens with zero attached hydrogens (tertiary/aromatic N) is 1. The number of hydrogen-bond acceptors (Lipinski definition) is 4. The molecule has 0 radical (unpaired) electrons. The van der Waals surface area contributed by atoms with E-state index < -0.39 is 11.7 Å². The highest BCUT2D eigenvalue weighted by Crippen LogP contribution is 2.36. The summed E-state index contributed by atoms with van der Waals surface area (Å²) < 4.78 is 51.0. The summed E-state index contributed by atoms with van der Waals surface area (Å²) in [5.41, 5.74) is -0.356. The van der Waals surface area contributed by atoms with E-state index in [2.05, 4.69) is 4.98 Å². The number of halogens is 3. The highest BCUT2D eigenvalue weighted by Gasteiger charge is 2.35. The fourth-order valence-corrected chi connectivity index (χ4v) is 3.05. The van der Waals surface area contributed by atoms with E-state index in [1.807, 2.05) is 18.2 Å². The lowest BCUT2D eigenvalue weighted by Gasteiger charge is -2.16. The first-order chi connectivity index (χ1) is 14.3. The number of aromatic nitrogens is 1. The van der Waals surface area contributed by atoms with Gasteiger partial charge in [0.25, 0.3) is 0 Å². The number of Topliss-reactive ketones (excluding diaryl/α,β-unsaturated/α-hetero) is 1. The topological polar surface area (TPSA) is 48.4 Å². The number of aryl methyl sites for hydroxylation is 1. The third-order valence-corrected chi connectivity index (χ3v) is 4.47. The van der Waals surface area contributed by atoms with Crippen LogP contribution in [0.4, 0.5) is 13.2 Å². The van der Waals surface area contributed by atoms with Crippen molar-refractivity contribution in [3.05, 3.63) is 83.0 Å². The summed E-state index contributed by atoms with van der Waals surface area (Å²) in [6.07, 6.45) is -4.80. The summed E-state index contributed by atoms with van der Waals surface area (Å²) in [5, 5.41) is 0. The molecule has 156 valence electrons. The average molecular weight is 415 g/mol. The van der Waals surface area contributed by atoms with Crippen molar-refractivity contribution in [3.63, 3.8) is 0 Å². The van der Waals surface area contributed by atoms with Crippen molar-refractivity contribution in [1.29, 1.82) is 0 Å². The van der Waals surface area contributed by atoms with Gasteiger partial charge in [0.05, 0.1) is 12.7 Å². The molecule has 0 saturated carbocycles. The fraction of sp³-hybridized carbons (Fsp3) is 0.217. The van der Waals surface area contributed by atoms with E-state index >= 15 is 0 Å². The van der Waals surface area contributed by atoms with Gasteiger partial charge in [-0.25, -0.2) is 4.98 Å². The lowest BCUT2D eigenvalue weighted by Crippen LogP contribution is -2.14. The molecule has 0 aliphatic carbocycles. The first-order valence-electron chi connectivity index (χ1n) is 9.26. The van der Waals surface area contributed by atoms with Gasteiger partial charge < -0.3 is 9.47 Å². The van der Waals surface area contributed by atoms with Gasteiger partial charge in [-0.05, 0) is 55.8 Å². The van der Waals surface area contributed by atoms with Gasteiger partial charge in [-0.2, -0.15) is 13.2 Å². The number of ketones is 1. The van der Waals surface area contributed by atoms with Crippen LogP contribution < -0.4 is 9.47 Å². The first-order valence-corrected chi connectivity index (χ1v) is 9.26. The number of benzene rings is 2. The van der Waals surface area contributed by atoms with Gasteiger partial charge in [-0.15, -0.1) is 0 Å². The number of ether oxygens (including phenoxy) is 2. The molecule has 1 heterocycles. The number of pyridine rings is 1. The third-order valence-electron chi connectivity index (χ3n) is 4.47. The van der Waals surface area contributed by atoms with E-state index in [9.17, 15) is 18.0 Å². The number of methoxy groups -OCH3 is 1. The van der Waals surface area contributed by atoms with E-state index in [4.69, 9.17) is 9.47 Å². The molecule has 1 aromatic heterocycles. The zero-order chi connectivity index (χ0) is 21.7. The molecule has 3 aromatic rings. The molecule has 0 saturated heterocycles. The Kier molecular flexibility index (Phi) is 6.40. The molecule has 0 aliphatic heterocycles. The predicted molar refractivity (Wildman–Crippen MR) is 106 cm³/mol. The van der Waals surface area contributed by atoms with Crippen LogP contribution in [0.3, 0.4) is 0 Å². The molecule has 0 unspecified atom stereocenters. The van der Waals surface area contributed by atoms with Crippen LogP contribution >= 0.6 is 0 Å². The summed E-state index contributed by atoms with van der Waals surface area (Å²) >= 11 is 0. The molecule has 4 nitrogen and oxygen atoms in total. The second-order valence-electron chi connectivity index (χ2n) is 6.66. The smallest absolute Gasteiger partial charge is 0.416 e. The normalized spacial score (nSPS) is 11.2. The van der Waals surface area contributed by atoms with Gasteiger partial charge in [-0.1, -0.05) is 18.2 Å². The van der Waals surface area contributed by atoms with Crippen LogP contribution in [0.2, 0.25) is 0 Å². The van der Waals surface area contributed by atoms with Crippen LogP contribution in [0.1, 0.15) is 33.6 Å². The minimum Gasteiger partial charge on any atom is -0.481 e. The van der Waals surface area contributed by atoms with Crippen molar-refractivity contribution in [2.75, 3.05) is 7.11 Å². The molecular formula is C23H20F3NO3. The van der Waals surface area contributed by atoms with Crippen LogP contribution in [0.5, 0.6) is 17.4 Å². The highest BCUT2D eigenvalue weighted by atomic mass is 19.4. The zero-order valence-electron chi connectivity index (χ0n) is 16.5. The SMILES string of the molecule is COc1nc(C)cc(C(F)(F)F)c1CCC(=O)c1ccc(Oc2ccccc2)cc1. The minimum absolute atomic E-state index is 0.108. The highest BCUT2D eigenvalue weighted by molar-refractivity contribution is 5.96. The van der Waals surface area contributed by atoms with Crippen molar-refractivity contribution in [2.24, 2.45) is 0 Å². The molecule has 2 aromatic carbocycles. The number of carbonyl (C=O) groups excluding carboxylic acids is 1. The maximum Gasteiger partial charge on any atom is 0.416 e. The molecule has 0 fully saturated rings. The van der Waals surface area contributed by atoms with Gasteiger partial charge in [0.1, 0.15) is 11.5 Å². The largest absolute Gasteiger partial charge is 0.481 e. The average Bonchev–Trinajstić information content (AvgIpc) is 2.72. The number of hydrogen-bond donors (Lipinski definition) is 0. The maximum atomic E-state index is 13.4. The van der Waals surface area contributed by atoms with Crippen molar-refractivity contribution >= 4 is 5.78 Å². The lowest BCUT2D eigenvalue weighted by atomic mass is 9.99. The van der Waals surface area contributed by atoms with Crippen LogP contribution in [0, 0.1) is 6.92 Å². The summed E-state index contributed by atoms with van der Waals surface area (Å²) in [7, 11) is 1.26. The van der Waals surface area contributed by atoms with Crippen molar-refractivity contribution in [1.82, 2.24) is 4.98 Å². The van der Waals surface area contributed by atoms with E-state index in [0.29, 0.717) is 17.1 Å². The Morgan fingerprint density at radius 3 is 2.23 bits per heavy atom. The van der Waals surface area contributed by atoms with Crippen LogP contribution in [0.15, 0.2) is 60.7 Å². The van der Waals surface area contributed by atoms with Gasteiger partial charge >= 0.3 is 6.18 Å². The molecule has 0 bridgehead atoms. The Balaban J connectivity index is 1.73. The van der Waals surface area contributed by atoms with Crippen molar-refractivity contribution in [3.8, 4) is 17.4 Å². The van der Waals surface area contributed by atoms with E-state index in [1.165, 1.54) is 14.0 Å². The maximum absolute atomic E-state index is 13.4. The monoisotopic (exact) mass is 415 g/mol.